The lowest BCUT2D eigenvalue weighted by molar-refractivity contribution is 0.624. The Labute approximate surface area is 138 Å². The molecular weight excluding hydrogens is 303 g/mol. The van der Waals surface area contributed by atoms with Crippen LogP contribution >= 0.6 is 0 Å². The van der Waals surface area contributed by atoms with Crippen molar-refractivity contribution in [1.82, 2.24) is 19.6 Å². The minimum atomic E-state index is -0.228. The summed E-state index contributed by atoms with van der Waals surface area (Å²) in [7, 11) is 0. The van der Waals surface area contributed by atoms with E-state index < -0.39 is 0 Å². The van der Waals surface area contributed by atoms with E-state index >= 15 is 0 Å². The number of benzene rings is 2. The molecule has 0 N–H and O–H groups in total. The number of nitrogens with zero attached hydrogens (tertiary/aromatic N) is 4. The first-order valence-electron chi connectivity index (χ1n) is 7.65. The SMILES string of the molecule is Fc1ccc(Cn2cc(-c3cnn(-c4ccccc4)c3)cn2)cc1. The highest BCUT2D eigenvalue weighted by Crippen LogP contribution is 2.20. The van der Waals surface area contributed by atoms with Crippen LogP contribution in [0.25, 0.3) is 16.8 Å². The third kappa shape index (κ3) is 2.96. The summed E-state index contributed by atoms with van der Waals surface area (Å²) >= 11 is 0. The summed E-state index contributed by atoms with van der Waals surface area (Å²) in [4.78, 5) is 0. The Morgan fingerprint density at radius 2 is 1.50 bits per heavy atom. The molecule has 24 heavy (non-hydrogen) atoms. The highest BCUT2D eigenvalue weighted by molar-refractivity contribution is 5.60. The summed E-state index contributed by atoms with van der Waals surface area (Å²) in [6, 6.07) is 16.4. The zero-order valence-corrected chi connectivity index (χ0v) is 12.9. The number of para-hydroxylation sites is 1. The third-order valence-electron chi connectivity index (χ3n) is 3.83. The Hall–Kier alpha value is -3.21. The molecule has 0 radical (unpaired) electrons. The van der Waals surface area contributed by atoms with E-state index in [0.29, 0.717) is 6.54 Å². The van der Waals surface area contributed by atoms with Gasteiger partial charge in [-0.15, -0.1) is 0 Å². The Balaban J connectivity index is 1.55. The molecule has 0 bridgehead atoms. The molecule has 5 heteroatoms. The van der Waals surface area contributed by atoms with Gasteiger partial charge in [-0.2, -0.15) is 10.2 Å². The number of hydrogen-bond acceptors (Lipinski definition) is 2. The summed E-state index contributed by atoms with van der Waals surface area (Å²) in [5, 5.41) is 8.78. The minimum Gasteiger partial charge on any atom is -0.268 e. The predicted octanol–water partition coefficient (Wildman–Crippen LogP) is 3.92. The van der Waals surface area contributed by atoms with E-state index in [1.165, 1.54) is 12.1 Å². The molecule has 0 fully saturated rings. The van der Waals surface area contributed by atoms with E-state index in [4.69, 9.17) is 0 Å². The van der Waals surface area contributed by atoms with Crippen LogP contribution < -0.4 is 0 Å². The molecule has 118 valence electrons. The Morgan fingerprint density at radius 1 is 0.792 bits per heavy atom. The number of hydrogen-bond donors (Lipinski definition) is 0. The number of rotatable bonds is 4. The van der Waals surface area contributed by atoms with Crippen LogP contribution in [-0.4, -0.2) is 19.6 Å². The number of aromatic nitrogens is 4. The molecule has 2 aromatic carbocycles. The molecule has 4 nitrogen and oxygen atoms in total. The van der Waals surface area contributed by atoms with Gasteiger partial charge in [-0.25, -0.2) is 9.07 Å². The van der Waals surface area contributed by atoms with Crippen molar-refractivity contribution in [2.75, 3.05) is 0 Å². The monoisotopic (exact) mass is 318 g/mol. The fraction of sp³-hybridized carbons (Fsp3) is 0.0526. The molecule has 0 spiro atoms. The summed E-state index contributed by atoms with van der Waals surface area (Å²) in [5.74, 6) is -0.228. The minimum absolute atomic E-state index is 0.228. The molecule has 0 atom stereocenters. The largest absolute Gasteiger partial charge is 0.268 e. The molecule has 0 aliphatic rings. The summed E-state index contributed by atoms with van der Waals surface area (Å²) in [6.07, 6.45) is 7.59. The van der Waals surface area contributed by atoms with Crippen molar-refractivity contribution >= 4 is 0 Å². The van der Waals surface area contributed by atoms with Crippen LogP contribution in [-0.2, 0) is 6.54 Å². The van der Waals surface area contributed by atoms with Crippen molar-refractivity contribution in [3.05, 3.63) is 90.8 Å². The summed E-state index contributed by atoms with van der Waals surface area (Å²) in [6.45, 7) is 0.604. The smallest absolute Gasteiger partial charge is 0.123 e. The molecule has 0 unspecified atom stereocenters. The Kier molecular flexibility index (Phi) is 3.67. The second kappa shape index (κ2) is 6.12. The van der Waals surface area contributed by atoms with Crippen LogP contribution in [0.4, 0.5) is 4.39 Å². The molecule has 0 aliphatic heterocycles. The first kappa shape index (κ1) is 14.4. The molecule has 0 saturated carbocycles. The van der Waals surface area contributed by atoms with E-state index in [1.807, 2.05) is 64.5 Å². The highest BCUT2D eigenvalue weighted by atomic mass is 19.1. The number of halogens is 1. The van der Waals surface area contributed by atoms with Gasteiger partial charge in [-0.3, -0.25) is 4.68 Å². The van der Waals surface area contributed by atoms with Crippen molar-refractivity contribution < 1.29 is 4.39 Å². The molecule has 0 saturated heterocycles. The van der Waals surface area contributed by atoms with Gasteiger partial charge in [0.2, 0.25) is 0 Å². The van der Waals surface area contributed by atoms with Gasteiger partial charge in [0, 0.05) is 23.5 Å². The Bertz CT molecular complexity index is 939. The van der Waals surface area contributed by atoms with Crippen LogP contribution in [0, 0.1) is 5.82 Å². The average Bonchev–Trinajstić information content (AvgIpc) is 3.27. The van der Waals surface area contributed by atoms with Gasteiger partial charge < -0.3 is 0 Å². The molecule has 0 aliphatic carbocycles. The zero-order valence-electron chi connectivity index (χ0n) is 12.9. The molecule has 4 aromatic rings. The maximum Gasteiger partial charge on any atom is 0.123 e. The lowest BCUT2D eigenvalue weighted by atomic mass is 10.2. The average molecular weight is 318 g/mol. The summed E-state index contributed by atoms with van der Waals surface area (Å²) in [5.41, 5.74) is 4.02. The van der Waals surface area contributed by atoms with Gasteiger partial charge in [0.25, 0.3) is 0 Å². The van der Waals surface area contributed by atoms with Crippen LogP contribution in [0.1, 0.15) is 5.56 Å². The van der Waals surface area contributed by atoms with Gasteiger partial charge in [0.05, 0.1) is 24.6 Å². The first-order valence-corrected chi connectivity index (χ1v) is 7.65. The van der Waals surface area contributed by atoms with Crippen molar-refractivity contribution in [1.29, 1.82) is 0 Å². The molecule has 4 rings (SSSR count). The standard InChI is InChI=1S/C19H15FN4/c20-18-8-6-15(7-9-18)12-23-13-16(10-21-23)17-11-22-24(14-17)19-4-2-1-3-5-19/h1-11,13-14H,12H2. The lowest BCUT2D eigenvalue weighted by Crippen LogP contribution is -1.99. The normalized spacial score (nSPS) is 10.9. The van der Waals surface area contributed by atoms with E-state index in [2.05, 4.69) is 10.2 Å². The van der Waals surface area contributed by atoms with Crippen molar-refractivity contribution in [3.8, 4) is 16.8 Å². The second-order valence-corrected chi connectivity index (χ2v) is 5.56. The van der Waals surface area contributed by atoms with Crippen molar-refractivity contribution in [2.24, 2.45) is 0 Å². The van der Waals surface area contributed by atoms with E-state index in [0.717, 1.165) is 22.4 Å². The van der Waals surface area contributed by atoms with Gasteiger partial charge in [0.1, 0.15) is 5.82 Å². The maximum absolute atomic E-state index is 13.0. The topological polar surface area (TPSA) is 35.6 Å². The maximum atomic E-state index is 13.0. The third-order valence-corrected chi connectivity index (χ3v) is 3.83. The highest BCUT2D eigenvalue weighted by Gasteiger charge is 2.06. The van der Waals surface area contributed by atoms with E-state index in [9.17, 15) is 4.39 Å². The van der Waals surface area contributed by atoms with Gasteiger partial charge >= 0.3 is 0 Å². The molecule has 2 aromatic heterocycles. The van der Waals surface area contributed by atoms with Crippen molar-refractivity contribution in [2.45, 2.75) is 6.54 Å². The second-order valence-electron chi connectivity index (χ2n) is 5.56. The molecular formula is C19H15FN4. The molecule has 2 heterocycles. The predicted molar refractivity (Wildman–Crippen MR) is 90.3 cm³/mol. The van der Waals surface area contributed by atoms with Crippen LogP contribution in [0.3, 0.4) is 0 Å². The van der Waals surface area contributed by atoms with Crippen LogP contribution in [0.5, 0.6) is 0 Å². The van der Waals surface area contributed by atoms with Gasteiger partial charge in [-0.05, 0) is 29.8 Å². The first-order chi connectivity index (χ1) is 11.8. The van der Waals surface area contributed by atoms with E-state index in [1.54, 1.807) is 12.1 Å². The van der Waals surface area contributed by atoms with Gasteiger partial charge in [0.15, 0.2) is 0 Å². The zero-order chi connectivity index (χ0) is 16.4. The van der Waals surface area contributed by atoms with Gasteiger partial charge in [-0.1, -0.05) is 30.3 Å². The van der Waals surface area contributed by atoms with Crippen molar-refractivity contribution in [3.63, 3.8) is 0 Å². The fourth-order valence-corrected chi connectivity index (χ4v) is 2.57. The van der Waals surface area contributed by atoms with E-state index in [-0.39, 0.29) is 5.82 Å². The lowest BCUT2D eigenvalue weighted by Gasteiger charge is -2.01. The Morgan fingerprint density at radius 3 is 2.29 bits per heavy atom. The fourth-order valence-electron chi connectivity index (χ4n) is 2.57. The molecule has 0 amide bonds. The van der Waals surface area contributed by atoms with Crippen LogP contribution in [0.15, 0.2) is 79.4 Å². The summed E-state index contributed by atoms with van der Waals surface area (Å²) < 4.78 is 16.6. The quantitative estimate of drug-likeness (QED) is 0.572. The van der Waals surface area contributed by atoms with Crippen LogP contribution in [0.2, 0.25) is 0 Å².